The number of thiophene rings is 1. The Labute approximate surface area is 109 Å². The van der Waals surface area contributed by atoms with Crippen molar-refractivity contribution < 1.29 is 0 Å². The smallest absolute Gasteiger partial charge is 0.0118 e. The Balaban J connectivity index is 1.93. The molecule has 17 heavy (non-hydrogen) atoms. The van der Waals surface area contributed by atoms with E-state index in [4.69, 9.17) is 5.73 Å². The topological polar surface area (TPSA) is 29.3 Å². The number of piperidine rings is 1. The molecule has 1 fully saturated rings. The normalized spacial score (nSPS) is 28.2. The Morgan fingerprint density at radius 2 is 2.29 bits per heavy atom. The minimum absolute atomic E-state index is 0.414. The molecule has 0 aromatic carbocycles. The van der Waals surface area contributed by atoms with Crippen LogP contribution in [0.2, 0.25) is 0 Å². The highest BCUT2D eigenvalue weighted by Gasteiger charge is 2.26. The van der Waals surface area contributed by atoms with E-state index < -0.39 is 0 Å². The molecule has 0 aliphatic carbocycles. The van der Waals surface area contributed by atoms with Crippen LogP contribution in [0.15, 0.2) is 12.1 Å². The van der Waals surface area contributed by atoms with Crippen molar-refractivity contribution >= 4 is 11.3 Å². The molecule has 3 unspecified atom stereocenters. The first-order valence-corrected chi connectivity index (χ1v) is 7.44. The third kappa shape index (κ3) is 3.30. The highest BCUT2D eigenvalue weighted by molar-refractivity contribution is 7.11. The Hall–Kier alpha value is -0.380. The summed E-state index contributed by atoms with van der Waals surface area (Å²) >= 11 is 1.93. The fourth-order valence-corrected chi connectivity index (χ4v) is 3.89. The molecule has 2 nitrogen and oxygen atoms in total. The number of nitrogens with zero attached hydrogens (tertiary/aromatic N) is 1. The first kappa shape index (κ1) is 13.1. The number of hydrogen-bond donors (Lipinski definition) is 1. The highest BCUT2D eigenvalue weighted by atomic mass is 32.1. The monoisotopic (exact) mass is 252 g/mol. The van der Waals surface area contributed by atoms with E-state index in [0.29, 0.717) is 18.1 Å². The van der Waals surface area contributed by atoms with Crippen molar-refractivity contribution in [3.63, 3.8) is 0 Å². The lowest BCUT2D eigenvalue weighted by molar-refractivity contribution is 0.104. The second kappa shape index (κ2) is 5.51. The number of hydrogen-bond acceptors (Lipinski definition) is 3. The van der Waals surface area contributed by atoms with Gasteiger partial charge in [-0.3, -0.25) is 4.90 Å². The van der Waals surface area contributed by atoms with Crippen molar-refractivity contribution in [3.8, 4) is 0 Å². The second-order valence-corrected chi connectivity index (χ2v) is 6.81. The molecule has 3 atom stereocenters. The van der Waals surface area contributed by atoms with Gasteiger partial charge in [0.15, 0.2) is 0 Å². The maximum atomic E-state index is 6.02. The predicted molar refractivity (Wildman–Crippen MR) is 75.6 cm³/mol. The molecule has 0 spiro atoms. The van der Waals surface area contributed by atoms with Gasteiger partial charge in [-0.15, -0.1) is 11.3 Å². The molecule has 3 heteroatoms. The molecule has 0 bridgehead atoms. The summed E-state index contributed by atoms with van der Waals surface area (Å²) in [6.45, 7) is 8.01. The number of nitrogens with two attached hydrogens (primary N) is 1. The molecular formula is C14H24N2S. The number of likely N-dealkylation sites (tertiary alicyclic amines) is 1. The molecule has 1 aromatic rings. The largest absolute Gasteiger partial charge is 0.328 e. The summed E-state index contributed by atoms with van der Waals surface area (Å²) in [5, 5.41) is 0. The van der Waals surface area contributed by atoms with Crippen LogP contribution in [0.3, 0.4) is 0 Å². The summed E-state index contributed by atoms with van der Waals surface area (Å²) in [6, 6.07) is 6.18. The minimum Gasteiger partial charge on any atom is -0.328 e. The molecule has 0 saturated carbocycles. The summed E-state index contributed by atoms with van der Waals surface area (Å²) in [6.07, 6.45) is 3.48. The van der Waals surface area contributed by atoms with Gasteiger partial charge in [-0.2, -0.15) is 0 Å². The van der Waals surface area contributed by atoms with Gasteiger partial charge in [0.25, 0.3) is 0 Å². The fourth-order valence-electron chi connectivity index (χ4n) is 2.88. The van der Waals surface area contributed by atoms with Crippen LogP contribution in [0.1, 0.15) is 36.4 Å². The average Bonchev–Trinajstić information content (AvgIpc) is 2.63. The molecule has 0 radical (unpaired) electrons. The SMILES string of the molecule is Cc1ccc(CC(C)N2CCC(N)CC2C)s1. The van der Waals surface area contributed by atoms with E-state index in [0.717, 1.165) is 19.4 Å². The van der Waals surface area contributed by atoms with Gasteiger partial charge in [-0.25, -0.2) is 0 Å². The molecule has 96 valence electrons. The molecule has 2 heterocycles. The zero-order valence-electron chi connectivity index (χ0n) is 11.1. The van der Waals surface area contributed by atoms with Gasteiger partial charge < -0.3 is 5.73 Å². The van der Waals surface area contributed by atoms with E-state index in [1.165, 1.54) is 16.2 Å². The molecule has 1 aliphatic heterocycles. The van der Waals surface area contributed by atoms with E-state index in [-0.39, 0.29) is 0 Å². The third-order valence-corrected chi connectivity index (χ3v) is 4.85. The van der Waals surface area contributed by atoms with Crippen molar-refractivity contribution in [1.29, 1.82) is 0 Å². The van der Waals surface area contributed by atoms with Crippen LogP contribution in [-0.2, 0) is 6.42 Å². The lowest BCUT2D eigenvalue weighted by Crippen LogP contribution is -2.49. The van der Waals surface area contributed by atoms with Crippen molar-refractivity contribution in [1.82, 2.24) is 4.90 Å². The predicted octanol–water partition coefficient (Wildman–Crippen LogP) is 2.80. The summed E-state index contributed by atoms with van der Waals surface area (Å²) in [5.41, 5.74) is 6.02. The highest BCUT2D eigenvalue weighted by Crippen LogP contribution is 2.23. The minimum atomic E-state index is 0.414. The first-order chi connectivity index (χ1) is 8.06. The standard InChI is InChI=1S/C14H24N2S/c1-10-8-13(15)6-7-16(10)11(2)9-14-5-4-12(3)17-14/h4-5,10-11,13H,6-9,15H2,1-3H3. The van der Waals surface area contributed by atoms with Crippen molar-refractivity contribution in [2.45, 2.75) is 58.2 Å². The third-order valence-electron chi connectivity index (χ3n) is 3.83. The Kier molecular flexibility index (Phi) is 4.23. The van der Waals surface area contributed by atoms with Gasteiger partial charge in [0.1, 0.15) is 0 Å². The summed E-state index contributed by atoms with van der Waals surface area (Å²) in [7, 11) is 0. The lowest BCUT2D eigenvalue weighted by Gasteiger charge is -2.40. The van der Waals surface area contributed by atoms with Gasteiger partial charge >= 0.3 is 0 Å². The van der Waals surface area contributed by atoms with Crippen molar-refractivity contribution in [2.75, 3.05) is 6.54 Å². The van der Waals surface area contributed by atoms with Gasteiger partial charge in [0, 0.05) is 34.4 Å². The molecular weight excluding hydrogens is 228 g/mol. The van der Waals surface area contributed by atoms with Crippen LogP contribution in [0.4, 0.5) is 0 Å². The summed E-state index contributed by atoms with van der Waals surface area (Å²) < 4.78 is 0. The molecule has 1 aliphatic rings. The van der Waals surface area contributed by atoms with Crippen LogP contribution < -0.4 is 5.73 Å². The second-order valence-electron chi connectivity index (χ2n) is 5.44. The van der Waals surface area contributed by atoms with Crippen LogP contribution in [0.5, 0.6) is 0 Å². The lowest BCUT2D eigenvalue weighted by atomic mass is 9.96. The fraction of sp³-hybridized carbons (Fsp3) is 0.714. The summed E-state index contributed by atoms with van der Waals surface area (Å²) in [4.78, 5) is 5.55. The van der Waals surface area contributed by atoms with E-state index in [1.54, 1.807) is 0 Å². The van der Waals surface area contributed by atoms with Crippen LogP contribution in [-0.4, -0.2) is 29.6 Å². The Morgan fingerprint density at radius 3 is 2.88 bits per heavy atom. The van der Waals surface area contributed by atoms with Crippen molar-refractivity contribution in [2.24, 2.45) is 5.73 Å². The molecule has 2 N–H and O–H groups in total. The average molecular weight is 252 g/mol. The maximum absolute atomic E-state index is 6.02. The van der Waals surface area contributed by atoms with E-state index in [2.05, 4.69) is 37.8 Å². The molecule has 1 aromatic heterocycles. The van der Waals surface area contributed by atoms with Crippen LogP contribution >= 0.6 is 11.3 Å². The summed E-state index contributed by atoms with van der Waals surface area (Å²) in [5.74, 6) is 0. The Bertz CT molecular complexity index is 361. The van der Waals surface area contributed by atoms with Crippen molar-refractivity contribution in [3.05, 3.63) is 21.9 Å². The molecule has 2 rings (SSSR count). The quantitative estimate of drug-likeness (QED) is 0.896. The molecule has 0 amide bonds. The van der Waals surface area contributed by atoms with Crippen LogP contribution in [0.25, 0.3) is 0 Å². The van der Waals surface area contributed by atoms with Gasteiger partial charge in [0.05, 0.1) is 0 Å². The van der Waals surface area contributed by atoms with Gasteiger partial charge in [0.2, 0.25) is 0 Å². The van der Waals surface area contributed by atoms with Crippen LogP contribution in [0, 0.1) is 6.92 Å². The molecule has 1 saturated heterocycles. The maximum Gasteiger partial charge on any atom is 0.0118 e. The zero-order valence-corrected chi connectivity index (χ0v) is 12.0. The zero-order chi connectivity index (χ0) is 12.4. The Morgan fingerprint density at radius 1 is 1.53 bits per heavy atom. The first-order valence-electron chi connectivity index (χ1n) is 6.63. The number of aryl methyl sites for hydroxylation is 1. The van der Waals surface area contributed by atoms with E-state index in [9.17, 15) is 0 Å². The van der Waals surface area contributed by atoms with Gasteiger partial charge in [-0.1, -0.05) is 0 Å². The van der Waals surface area contributed by atoms with E-state index in [1.807, 2.05) is 11.3 Å². The number of rotatable bonds is 3. The van der Waals surface area contributed by atoms with E-state index >= 15 is 0 Å². The van der Waals surface area contributed by atoms with Gasteiger partial charge in [-0.05, 0) is 52.2 Å².